The number of benzene rings is 1. The van der Waals surface area contributed by atoms with Gasteiger partial charge in [-0.05, 0) is 37.1 Å². The zero-order valence-corrected chi connectivity index (χ0v) is 11.8. The molecular formula is C15H15ClN2O2. The molecule has 1 heterocycles. The Balaban J connectivity index is 1.92. The van der Waals surface area contributed by atoms with Crippen molar-refractivity contribution in [3.8, 4) is 0 Å². The first kappa shape index (κ1) is 14.3. The number of hydrogen-bond donors (Lipinski definition) is 2. The highest BCUT2D eigenvalue weighted by Gasteiger charge is 2.06. The molecule has 20 heavy (non-hydrogen) atoms. The standard InChI is InChI=1S/C15H15ClN2O2/c1-10-8-12(9-14(19)18-10)15(20)17-7-6-11-2-4-13(16)5-3-11/h2-5,8-9H,6-7H2,1H3,(H,17,20)(H,18,19). The fourth-order valence-electron chi connectivity index (χ4n) is 1.89. The van der Waals surface area contributed by atoms with Crippen LogP contribution < -0.4 is 10.9 Å². The summed E-state index contributed by atoms with van der Waals surface area (Å²) in [4.78, 5) is 25.8. The van der Waals surface area contributed by atoms with E-state index in [-0.39, 0.29) is 11.5 Å². The molecular weight excluding hydrogens is 276 g/mol. The third kappa shape index (κ3) is 3.96. The zero-order chi connectivity index (χ0) is 14.5. The van der Waals surface area contributed by atoms with Crippen molar-refractivity contribution in [3.05, 3.63) is 68.6 Å². The van der Waals surface area contributed by atoms with Gasteiger partial charge in [-0.1, -0.05) is 23.7 Å². The molecule has 0 fully saturated rings. The van der Waals surface area contributed by atoms with Crippen molar-refractivity contribution in [2.75, 3.05) is 6.54 Å². The molecule has 0 aliphatic carbocycles. The lowest BCUT2D eigenvalue weighted by Crippen LogP contribution is -2.27. The Bertz CT molecular complexity index is 662. The molecule has 0 aliphatic rings. The molecule has 0 saturated carbocycles. The molecule has 0 saturated heterocycles. The van der Waals surface area contributed by atoms with Gasteiger partial charge in [0.05, 0.1) is 0 Å². The van der Waals surface area contributed by atoms with Crippen LogP contribution in [0.3, 0.4) is 0 Å². The Kier molecular flexibility index (Phi) is 4.58. The van der Waals surface area contributed by atoms with Gasteiger partial charge in [0.25, 0.3) is 5.91 Å². The number of aromatic nitrogens is 1. The van der Waals surface area contributed by atoms with Gasteiger partial charge in [-0.3, -0.25) is 9.59 Å². The minimum atomic E-state index is -0.271. The fraction of sp³-hybridized carbons (Fsp3) is 0.200. The number of carbonyl (C=O) groups excluding carboxylic acids is 1. The molecule has 2 N–H and O–H groups in total. The number of aryl methyl sites for hydroxylation is 1. The van der Waals surface area contributed by atoms with E-state index in [2.05, 4.69) is 10.3 Å². The molecule has 0 atom stereocenters. The lowest BCUT2D eigenvalue weighted by molar-refractivity contribution is 0.0954. The van der Waals surface area contributed by atoms with E-state index in [1.165, 1.54) is 6.07 Å². The summed E-state index contributed by atoms with van der Waals surface area (Å²) in [6, 6.07) is 10.4. The van der Waals surface area contributed by atoms with Crippen LogP contribution in [0.5, 0.6) is 0 Å². The number of rotatable bonds is 4. The maximum atomic E-state index is 11.9. The van der Waals surface area contributed by atoms with Gasteiger partial charge in [-0.15, -0.1) is 0 Å². The van der Waals surface area contributed by atoms with E-state index in [9.17, 15) is 9.59 Å². The van der Waals surface area contributed by atoms with E-state index in [0.29, 0.717) is 29.2 Å². The van der Waals surface area contributed by atoms with Crippen LogP contribution in [-0.2, 0) is 6.42 Å². The van der Waals surface area contributed by atoms with Gasteiger partial charge >= 0.3 is 0 Å². The van der Waals surface area contributed by atoms with E-state index < -0.39 is 0 Å². The third-order valence-electron chi connectivity index (χ3n) is 2.85. The Morgan fingerprint density at radius 3 is 2.60 bits per heavy atom. The molecule has 1 aromatic carbocycles. The predicted octanol–water partition coefficient (Wildman–Crippen LogP) is 2.31. The molecule has 2 aromatic rings. The monoisotopic (exact) mass is 290 g/mol. The van der Waals surface area contributed by atoms with E-state index in [1.54, 1.807) is 13.0 Å². The minimum absolute atomic E-state index is 0.242. The second kappa shape index (κ2) is 6.39. The van der Waals surface area contributed by atoms with E-state index in [4.69, 9.17) is 11.6 Å². The van der Waals surface area contributed by atoms with Gasteiger partial charge in [0, 0.05) is 28.9 Å². The highest BCUT2D eigenvalue weighted by atomic mass is 35.5. The van der Waals surface area contributed by atoms with Gasteiger partial charge in [0.15, 0.2) is 0 Å². The fourth-order valence-corrected chi connectivity index (χ4v) is 2.01. The number of H-pyrrole nitrogens is 1. The summed E-state index contributed by atoms with van der Waals surface area (Å²) >= 11 is 5.80. The molecule has 1 aromatic heterocycles. The van der Waals surface area contributed by atoms with Crippen molar-refractivity contribution >= 4 is 17.5 Å². The number of nitrogens with one attached hydrogen (secondary N) is 2. The number of amides is 1. The van der Waals surface area contributed by atoms with Gasteiger partial charge in [0.1, 0.15) is 0 Å². The average molecular weight is 291 g/mol. The van der Waals surface area contributed by atoms with Gasteiger partial charge in [-0.25, -0.2) is 0 Å². The zero-order valence-electron chi connectivity index (χ0n) is 11.1. The second-order valence-corrected chi connectivity index (χ2v) is 4.99. The number of pyridine rings is 1. The minimum Gasteiger partial charge on any atom is -0.352 e. The SMILES string of the molecule is Cc1cc(C(=O)NCCc2ccc(Cl)cc2)cc(=O)[nH]1. The number of halogens is 1. The Morgan fingerprint density at radius 1 is 1.25 bits per heavy atom. The van der Waals surface area contributed by atoms with Crippen LogP contribution in [0.15, 0.2) is 41.2 Å². The first-order valence-corrected chi connectivity index (χ1v) is 6.66. The quantitative estimate of drug-likeness (QED) is 0.908. The molecule has 2 rings (SSSR count). The van der Waals surface area contributed by atoms with Crippen LogP contribution in [0.1, 0.15) is 21.6 Å². The summed E-state index contributed by atoms with van der Waals surface area (Å²) in [5.41, 5.74) is 1.87. The first-order valence-electron chi connectivity index (χ1n) is 6.28. The van der Waals surface area contributed by atoms with Gasteiger partial charge in [-0.2, -0.15) is 0 Å². The van der Waals surface area contributed by atoms with Crippen molar-refractivity contribution in [3.63, 3.8) is 0 Å². The van der Waals surface area contributed by atoms with Crippen LogP contribution >= 0.6 is 11.6 Å². The number of aromatic amines is 1. The summed E-state index contributed by atoms with van der Waals surface area (Å²) in [6.07, 6.45) is 0.713. The van der Waals surface area contributed by atoms with Crippen molar-refractivity contribution in [1.29, 1.82) is 0 Å². The second-order valence-electron chi connectivity index (χ2n) is 4.55. The summed E-state index contributed by atoms with van der Waals surface area (Å²) in [6.45, 7) is 2.25. The van der Waals surface area contributed by atoms with Crippen molar-refractivity contribution in [2.24, 2.45) is 0 Å². The van der Waals surface area contributed by atoms with Crippen LogP contribution in [0, 0.1) is 6.92 Å². The topological polar surface area (TPSA) is 62.0 Å². The molecule has 5 heteroatoms. The van der Waals surface area contributed by atoms with Crippen LogP contribution in [0.25, 0.3) is 0 Å². The Morgan fingerprint density at radius 2 is 1.95 bits per heavy atom. The van der Waals surface area contributed by atoms with E-state index in [1.807, 2.05) is 24.3 Å². The predicted molar refractivity (Wildman–Crippen MR) is 79.3 cm³/mol. The Hall–Kier alpha value is -2.07. The molecule has 0 radical (unpaired) electrons. The summed E-state index contributed by atoms with van der Waals surface area (Å²) in [7, 11) is 0. The van der Waals surface area contributed by atoms with Crippen LogP contribution in [0.2, 0.25) is 5.02 Å². The maximum Gasteiger partial charge on any atom is 0.251 e. The number of carbonyl (C=O) groups is 1. The lowest BCUT2D eigenvalue weighted by atomic mass is 10.1. The Labute approximate surface area is 121 Å². The smallest absolute Gasteiger partial charge is 0.251 e. The van der Waals surface area contributed by atoms with Crippen molar-refractivity contribution < 1.29 is 4.79 Å². The van der Waals surface area contributed by atoms with E-state index >= 15 is 0 Å². The molecule has 0 spiro atoms. The molecule has 104 valence electrons. The van der Waals surface area contributed by atoms with Gasteiger partial charge < -0.3 is 10.3 Å². The van der Waals surface area contributed by atoms with Crippen LogP contribution in [0.4, 0.5) is 0 Å². The summed E-state index contributed by atoms with van der Waals surface area (Å²) in [5, 5.41) is 3.48. The largest absolute Gasteiger partial charge is 0.352 e. The van der Waals surface area contributed by atoms with Gasteiger partial charge in [0.2, 0.25) is 5.56 Å². The highest BCUT2D eigenvalue weighted by Crippen LogP contribution is 2.09. The molecule has 1 amide bonds. The van der Waals surface area contributed by atoms with E-state index in [0.717, 1.165) is 5.56 Å². The number of hydrogen-bond acceptors (Lipinski definition) is 2. The van der Waals surface area contributed by atoms with Crippen molar-refractivity contribution in [2.45, 2.75) is 13.3 Å². The molecule has 0 aliphatic heterocycles. The van der Waals surface area contributed by atoms with Crippen LogP contribution in [-0.4, -0.2) is 17.4 Å². The molecule has 4 nitrogen and oxygen atoms in total. The third-order valence-corrected chi connectivity index (χ3v) is 3.11. The first-order chi connectivity index (χ1) is 9.54. The average Bonchev–Trinajstić information content (AvgIpc) is 2.40. The highest BCUT2D eigenvalue weighted by molar-refractivity contribution is 6.30. The normalized spacial score (nSPS) is 10.3. The summed E-state index contributed by atoms with van der Waals surface area (Å²) < 4.78 is 0. The van der Waals surface area contributed by atoms with Crippen molar-refractivity contribution in [1.82, 2.24) is 10.3 Å². The lowest BCUT2D eigenvalue weighted by Gasteiger charge is -2.06. The molecule has 0 unspecified atom stereocenters. The molecule has 0 bridgehead atoms. The maximum absolute atomic E-state index is 11.9. The summed E-state index contributed by atoms with van der Waals surface area (Å²) in [5.74, 6) is -0.242.